The predicted octanol–water partition coefficient (Wildman–Crippen LogP) is 3.87. The molecule has 154 valence electrons. The lowest BCUT2D eigenvalue weighted by Gasteiger charge is -2.22. The summed E-state index contributed by atoms with van der Waals surface area (Å²) in [6.07, 6.45) is 0.609. The third-order valence-electron chi connectivity index (χ3n) is 4.89. The molecule has 1 aliphatic rings. The molecule has 0 saturated carbocycles. The molecule has 0 spiro atoms. The molecule has 0 radical (unpaired) electrons. The summed E-state index contributed by atoms with van der Waals surface area (Å²) in [6.45, 7) is 5.31. The summed E-state index contributed by atoms with van der Waals surface area (Å²) in [6, 6.07) is 12.2. The van der Waals surface area contributed by atoms with Gasteiger partial charge in [0.05, 0.1) is 21.1 Å². The van der Waals surface area contributed by atoms with Crippen molar-refractivity contribution in [2.75, 3.05) is 10.6 Å². The van der Waals surface area contributed by atoms with E-state index in [0.29, 0.717) is 11.4 Å². The Morgan fingerprint density at radius 3 is 2.69 bits per heavy atom. The van der Waals surface area contributed by atoms with Gasteiger partial charge in [-0.25, -0.2) is 8.42 Å². The second kappa shape index (κ2) is 8.59. The Kier molecular flexibility index (Phi) is 6.33. The number of carbonyl (C=O) groups is 2. The summed E-state index contributed by atoms with van der Waals surface area (Å²) in [5.41, 5.74) is 2.19. The number of fused-ring (bicyclic) bond motifs is 1. The van der Waals surface area contributed by atoms with E-state index in [4.69, 9.17) is 0 Å². The third-order valence-corrected chi connectivity index (χ3v) is 8.20. The smallest absolute Gasteiger partial charge is 0.237 e. The Hall–Kier alpha value is -2.32. The van der Waals surface area contributed by atoms with Crippen LogP contribution in [-0.4, -0.2) is 30.7 Å². The van der Waals surface area contributed by atoms with E-state index >= 15 is 0 Å². The van der Waals surface area contributed by atoms with Crippen molar-refractivity contribution in [2.24, 2.45) is 0 Å². The van der Waals surface area contributed by atoms with Gasteiger partial charge in [0, 0.05) is 17.0 Å². The van der Waals surface area contributed by atoms with Gasteiger partial charge in [0.25, 0.3) is 0 Å². The lowest BCUT2D eigenvalue weighted by atomic mass is 10.1. The minimum absolute atomic E-state index is 0.0981. The highest BCUT2D eigenvalue weighted by atomic mass is 32.2. The molecule has 0 saturated heterocycles. The van der Waals surface area contributed by atoms with Gasteiger partial charge >= 0.3 is 0 Å². The lowest BCUT2D eigenvalue weighted by molar-refractivity contribution is -0.116. The molecule has 0 aromatic heterocycles. The fraction of sp³-hybridized carbons (Fsp3) is 0.333. The Morgan fingerprint density at radius 2 is 1.97 bits per heavy atom. The Balaban J connectivity index is 1.75. The standard InChI is InChI=1S/C21H24N2O4S2/c1-4-15-7-5-6-8-17(15)22-20(24)11-13(2)29(26,27)16-9-10-19-18(12-16)23-21(25)14(3)28-19/h5-10,12-14H,4,11H2,1-3H3,(H,22,24)(H,23,25)/t13-,14-/m0/s1. The highest BCUT2D eigenvalue weighted by Crippen LogP contribution is 2.37. The summed E-state index contributed by atoms with van der Waals surface area (Å²) < 4.78 is 26.0. The molecule has 2 aromatic rings. The number of benzene rings is 2. The molecule has 29 heavy (non-hydrogen) atoms. The van der Waals surface area contributed by atoms with Crippen LogP contribution in [0.3, 0.4) is 0 Å². The molecule has 1 heterocycles. The molecular formula is C21H24N2O4S2. The zero-order valence-corrected chi connectivity index (χ0v) is 18.2. The maximum atomic E-state index is 13.0. The first-order chi connectivity index (χ1) is 13.7. The van der Waals surface area contributed by atoms with Gasteiger partial charge in [-0.2, -0.15) is 0 Å². The largest absolute Gasteiger partial charge is 0.326 e. The fourth-order valence-corrected chi connectivity index (χ4v) is 5.43. The van der Waals surface area contributed by atoms with E-state index in [9.17, 15) is 18.0 Å². The average Bonchev–Trinajstić information content (AvgIpc) is 2.68. The van der Waals surface area contributed by atoms with Crippen LogP contribution in [-0.2, 0) is 25.8 Å². The normalized spacial score (nSPS) is 17.2. The number of sulfone groups is 1. The minimum Gasteiger partial charge on any atom is -0.326 e. The van der Waals surface area contributed by atoms with Crippen LogP contribution >= 0.6 is 11.8 Å². The van der Waals surface area contributed by atoms with E-state index in [1.165, 1.54) is 30.8 Å². The van der Waals surface area contributed by atoms with E-state index in [2.05, 4.69) is 10.6 Å². The molecule has 6 nitrogen and oxygen atoms in total. The van der Waals surface area contributed by atoms with Crippen molar-refractivity contribution in [3.63, 3.8) is 0 Å². The van der Waals surface area contributed by atoms with Crippen molar-refractivity contribution in [3.8, 4) is 0 Å². The van der Waals surface area contributed by atoms with Crippen LogP contribution in [0.5, 0.6) is 0 Å². The predicted molar refractivity (Wildman–Crippen MR) is 116 cm³/mol. The van der Waals surface area contributed by atoms with E-state index in [-0.39, 0.29) is 28.4 Å². The van der Waals surface area contributed by atoms with Crippen LogP contribution in [0.2, 0.25) is 0 Å². The van der Waals surface area contributed by atoms with Gasteiger partial charge in [-0.3, -0.25) is 9.59 Å². The van der Waals surface area contributed by atoms with Crippen molar-refractivity contribution in [1.82, 2.24) is 0 Å². The quantitative estimate of drug-likeness (QED) is 0.723. The number of rotatable bonds is 6. The zero-order valence-electron chi connectivity index (χ0n) is 16.6. The van der Waals surface area contributed by atoms with Gasteiger partial charge in [-0.15, -0.1) is 11.8 Å². The Labute approximate surface area is 175 Å². The zero-order chi connectivity index (χ0) is 21.2. The SMILES string of the molecule is CCc1ccccc1NC(=O)C[C@H](C)S(=O)(=O)c1ccc2c(c1)NC(=O)[C@H](C)S2. The van der Waals surface area contributed by atoms with Gasteiger partial charge in [0.1, 0.15) is 0 Å². The Morgan fingerprint density at radius 1 is 1.24 bits per heavy atom. The molecule has 3 rings (SSSR count). The number of anilines is 2. The van der Waals surface area contributed by atoms with E-state index in [1.807, 2.05) is 25.1 Å². The van der Waals surface area contributed by atoms with Crippen LogP contribution in [0.15, 0.2) is 52.3 Å². The van der Waals surface area contributed by atoms with Gasteiger partial charge in [-0.1, -0.05) is 25.1 Å². The molecule has 2 atom stereocenters. The molecule has 2 N–H and O–H groups in total. The lowest BCUT2D eigenvalue weighted by Crippen LogP contribution is -2.27. The number of thioether (sulfide) groups is 1. The first-order valence-corrected chi connectivity index (χ1v) is 11.9. The van der Waals surface area contributed by atoms with E-state index in [1.54, 1.807) is 19.1 Å². The Bertz CT molecular complexity index is 1050. The third kappa shape index (κ3) is 4.64. The fourth-order valence-electron chi connectivity index (χ4n) is 3.12. The number of para-hydroxylation sites is 1. The van der Waals surface area contributed by atoms with Gasteiger partial charge < -0.3 is 10.6 Å². The number of aryl methyl sites for hydroxylation is 1. The second-order valence-electron chi connectivity index (χ2n) is 7.03. The first-order valence-electron chi connectivity index (χ1n) is 9.45. The van der Waals surface area contributed by atoms with Crippen LogP contribution in [0, 0.1) is 0 Å². The van der Waals surface area contributed by atoms with Crippen molar-refractivity contribution in [2.45, 2.75) is 53.9 Å². The molecule has 0 fully saturated rings. The molecule has 2 amide bonds. The highest BCUT2D eigenvalue weighted by Gasteiger charge is 2.29. The van der Waals surface area contributed by atoms with Crippen molar-refractivity contribution in [1.29, 1.82) is 0 Å². The van der Waals surface area contributed by atoms with Crippen LogP contribution < -0.4 is 10.6 Å². The first kappa shape index (κ1) is 21.4. The summed E-state index contributed by atoms with van der Waals surface area (Å²) in [5, 5.41) is 4.43. The second-order valence-corrected chi connectivity index (χ2v) is 10.8. The van der Waals surface area contributed by atoms with Gasteiger partial charge in [-0.05, 0) is 50.1 Å². The van der Waals surface area contributed by atoms with Crippen LogP contribution in [0.4, 0.5) is 11.4 Å². The molecular weight excluding hydrogens is 408 g/mol. The molecule has 8 heteroatoms. The van der Waals surface area contributed by atoms with E-state index < -0.39 is 15.1 Å². The maximum Gasteiger partial charge on any atom is 0.237 e. The van der Waals surface area contributed by atoms with Crippen molar-refractivity contribution < 1.29 is 18.0 Å². The molecule has 0 aliphatic carbocycles. The number of hydrogen-bond donors (Lipinski definition) is 2. The average molecular weight is 433 g/mol. The van der Waals surface area contributed by atoms with Crippen LogP contribution in [0.1, 0.15) is 32.8 Å². The highest BCUT2D eigenvalue weighted by molar-refractivity contribution is 8.01. The topological polar surface area (TPSA) is 92.3 Å². The van der Waals surface area contributed by atoms with Gasteiger partial charge in [0.15, 0.2) is 9.84 Å². The molecule has 2 aromatic carbocycles. The molecule has 1 aliphatic heterocycles. The summed E-state index contributed by atoms with van der Waals surface area (Å²) in [4.78, 5) is 25.3. The maximum absolute atomic E-state index is 13.0. The van der Waals surface area contributed by atoms with Crippen molar-refractivity contribution >= 4 is 44.8 Å². The van der Waals surface area contributed by atoms with Crippen molar-refractivity contribution in [3.05, 3.63) is 48.0 Å². The number of nitrogens with one attached hydrogen (secondary N) is 2. The number of carbonyl (C=O) groups excluding carboxylic acids is 2. The summed E-state index contributed by atoms with van der Waals surface area (Å²) in [7, 11) is -3.73. The minimum atomic E-state index is -3.73. The van der Waals surface area contributed by atoms with E-state index in [0.717, 1.165) is 16.9 Å². The monoisotopic (exact) mass is 432 g/mol. The summed E-state index contributed by atoms with van der Waals surface area (Å²) >= 11 is 1.39. The molecule has 0 unspecified atom stereocenters. The van der Waals surface area contributed by atoms with Crippen LogP contribution in [0.25, 0.3) is 0 Å². The summed E-state index contributed by atoms with van der Waals surface area (Å²) in [5.74, 6) is -0.503. The van der Waals surface area contributed by atoms with Gasteiger partial charge in [0.2, 0.25) is 11.8 Å². The number of amides is 2. The molecule has 0 bridgehead atoms. The number of hydrogen-bond acceptors (Lipinski definition) is 5.